The third-order valence-electron chi connectivity index (χ3n) is 3.79. The maximum absolute atomic E-state index is 12.8. The summed E-state index contributed by atoms with van der Waals surface area (Å²) in [4.78, 5) is 11.1. The molecule has 1 fully saturated rings. The molecule has 0 spiro atoms. The number of piperidine rings is 1. The van der Waals surface area contributed by atoms with Crippen molar-refractivity contribution in [3.63, 3.8) is 0 Å². The van der Waals surface area contributed by atoms with Gasteiger partial charge in [-0.2, -0.15) is 13.2 Å². The molecule has 0 unspecified atom stereocenters. The van der Waals surface area contributed by atoms with Gasteiger partial charge in [-0.15, -0.1) is 0 Å². The maximum atomic E-state index is 12.8. The Bertz CT molecular complexity index is 514. The zero-order valence-corrected chi connectivity index (χ0v) is 11.0. The van der Waals surface area contributed by atoms with Crippen molar-refractivity contribution in [3.8, 4) is 0 Å². The third-order valence-corrected chi connectivity index (χ3v) is 3.79. The Morgan fingerprint density at radius 2 is 2.10 bits per heavy atom. The molecule has 1 aliphatic rings. The molecule has 1 heterocycles. The van der Waals surface area contributed by atoms with Crippen molar-refractivity contribution < 1.29 is 23.1 Å². The Balaban J connectivity index is 2.42. The van der Waals surface area contributed by atoms with E-state index < -0.39 is 23.3 Å². The first-order chi connectivity index (χ1) is 9.30. The van der Waals surface area contributed by atoms with Gasteiger partial charge in [0.05, 0.1) is 11.1 Å². The third kappa shape index (κ3) is 2.95. The molecule has 0 bridgehead atoms. The number of rotatable bonds is 2. The molecule has 110 valence electrons. The predicted octanol–water partition coefficient (Wildman–Crippen LogP) is 3.12. The predicted molar refractivity (Wildman–Crippen MR) is 67.8 cm³/mol. The second-order valence-electron chi connectivity index (χ2n) is 5.18. The van der Waals surface area contributed by atoms with E-state index in [0.29, 0.717) is 5.56 Å². The molecule has 6 heteroatoms. The first-order valence-electron chi connectivity index (χ1n) is 6.46. The van der Waals surface area contributed by atoms with Gasteiger partial charge >= 0.3 is 12.1 Å². The Morgan fingerprint density at radius 1 is 1.40 bits per heavy atom. The summed E-state index contributed by atoms with van der Waals surface area (Å²) >= 11 is 0. The summed E-state index contributed by atoms with van der Waals surface area (Å²) in [5.74, 6) is -1.18. The number of hydrogen-bond donors (Lipinski definition) is 2. The van der Waals surface area contributed by atoms with Crippen LogP contribution in [-0.4, -0.2) is 24.2 Å². The van der Waals surface area contributed by atoms with Crippen LogP contribution in [0.15, 0.2) is 18.2 Å². The van der Waals surface area contributed by atoms with E-state index in [0.717, 1.165) is 25.6 Å². The summed E-state index contributed by atoms with van der Waals surface area (Å²) in [6.45, 7) is 3.58. The smallest absolute Gasteiger partial charge is 0.417 e. The van der Waals surface area contributed by atoms with E-state index in [2.05, 4.69) is 5.32 Å². The van der Waals surface area contributed by atoms with Crippen molar-refractivity contribution in [1.29, 1.82) is 0 Å². The molecule has 0 aliphatic carbocycles. The lowest BCUT2D eigenvalue weighted by atomic mass is 9.81. The van der Waals surface area contributed by atoms with Crippen molar-refractivity contribution in [1.82, 2.24) is 5.32 Å². The van der Waals surface area contributed by atoms with Crippen molar-refractivity contribution in [2.45, 2.75) is 25.4 Å². The average Bonchev–Trinajstić information content (AvgIpc) is 2.37. The number of alkyl halides is 3. The first-order valence-corrected chi connectivity index (χ1v) is 6.46. The van der Waals surface area contributed by atoms with E-state index in [4.69, 9.17) is 5.11 Å². The average molecular weight is 287 g/mol. The van der Waals surface area contributed by atoms with Gasteiger partial charge in [0, 0.05) is 0 Å². The summed E-state index contributed by atoms with van der Waals surface area (Å²) in [6.07, 6.45) is -3.85. The molecule has 0 aromatic heterocycles. The summed E-state index contributed by atoms with van der Waals surface area (Å²) in [5.41, 5.74) is -1.08. The van der Waals surface area contributed by atoms with Crippen molar-refractivity contribution >= 4 is 5.97 Å². The molecule has 2 rings (SSSR count). The van der Waals surface area contributed by atoms with Crippen LogP contribution in [0.5, 0.6) is 0 Å². The van der Waals surface area contributed by atoms with Gasteiger partial charge in [-0.25, -0.2) is 4.79 Å². The standard InChI is InChI=1S/C14H16F3NO2/c1-8-7-18-5-4-10(8)9-2-3-12(14(15,16)17)11(6-9)13(19)20/h2-3,6,8,10,18H,4-5,7H2,1H3,(H,19,20)/t8-,10+/m1/s1. The fraction of sp³-hybridized carbons (Fsp3) is 0.500. The normalized spacial score (nSPS) is 23.6. The molecule has 0 saturated carbocycles. The second-order valence-corrected chi connectivity index (χ2v) is 5.18. The Hall–Kier alpha value is -1.56. The highest BCUT2D eigenvalue weighted by Crippen LogP contribution is 2.36. The summed E-state index contributed by atoms with van der Waals surface area (Å²) in [7, 11) is 0. The van der Waals surface area contributed by atoms with Gasteiger partial charge < -0.3 is 10.4 Å². The lowest BCUT2D eigenvalue weighted by Crippen LogP contribution is -2.33. The largest absolute Gasteiger partial charge is 0.478 e. The van der Waals surface area contributed by atoms with Gasteiger partial charge in [-0.3, -0.25) is 0 Å². The Labute approximate surface area is 114 Å². The minimum absolute atomic E-state index is 0.0941. The summed E-state index contributed by atoms with van der Waals surface area (Å²) in [5, 5.41) is 12.2. The Kier molecular flexibility index (Phi) is 4.04. The quantitative estimate of drug-likeness (QED) is 0.878. The molecule has 3 nitrogen and oxygen atoms in total. The van der Waals surface area contributed by atoms with Gasteiger partial charge in [0.2, 0.25) is 0 Å². The Morgan fingerprint density at radius 3 is 2.65 bits per heavy atom. The highest BCUT2D eigenvalue weighted by atomic mass is 19.4. The van der Waals surface area contributed by atoms with Crippen molar-refractivity contribution in [3.05, 3.63) is 34.9 Å². The number of aromatic carboxylic acids is 1. The molecule has 2 atom stereocenters. The number of carboxylic acids is 1. The van der Waals surface area contributed by atoms with Crippen LogP contribution in [0, 0.1) is 5.92 Å². The highest BCUT2D eigenvalue weighted by Gasteiger charge is 2.36. The van der Waals surface area contributed by atoms with E-state index in [-0.39, 0.29) is 11.8 Å². The monoisotopic (exact) mass is 287 g/mol. The molecular weight excluding hydrogens is 271 g/mol. The van der Waals surface area contributed by atoms with Crippen LogP contribution in [0.1, 0.15) is 40.7 Å². The number of carbonyl (C=O) groups is 1. The lowest BCUT2D eigenvalue weighted by Gasteiger charge is -2.30. The topological polar surface area (TPSA) is 49.3 Å². The highest BCUT2D eigenvalue weighted by molar-refractivity contribution is 5.90. The van der Waals surface area contributed by atoms with Crippen molar-refractivity contribution in [2.75, 3.05) is 13.1 Å². The van der Waals surface area contributed by atoms with Crippen LogP contribution >= 0.6 is 0 Å². The number of nitrogens with one attached hydrogen (secondary N) is 1. The molecule has 2 N–H and O–H groups in total. The van der Waals surface area contributed by atoms with Gasteiger partial charge in [0.1, 0.15) is 0 Å². The molecule has 1 aromatic rings. The van der Waals surface area contributed by atoms with E-state index in [9.17, 15) is 18.0 Å². The van der Waals surface area contributed by atoms with Gasteiger partial charge in [-0.1, -0.05) is 13.0 Å². The molecule has 0 radical (unpaired) electrons. The zero-order chi connectivity index (χ0) is 14.9. The number of hydrogen-bond acceptors (Lipinski definition) is 2. The maximum Gasteiger partial charge on any atom is 0.417 e. The van der Waals surface area contributed by atoms with Crippen LogP contribution < -0.4 is 5.32 Å². The summed E-state index contributed by atoms with van der Waals surface area (Å²) < 4.78 is 38.4. The SMILES string of the molecule is C[C@@H]1CNCC[C@@H]1c1ccc(C(F)(F)F)c(C(=O)O)c1. The lowest BCUT2D eigenvalue weighted by molar-refractivity contribution is -0.138. The fourth-order valence-electron chi connectivity index (χ4n) is 2.73. The van der Waals surface area contributed by atoms with E-state index in [1.54, 1.807) is 0 Å². The van der Waals surface area contributed by atoms with Crippen LogP contribution in [-0.2, 0) is 6.18 Å². The molecule has 20 heavy (non-hydrogen) atoms. The molecule has 0 amide bonds. The zero-order valence-electron chi connectivity index (χ0n) is 11.0. The molecule has 1 saturated heterocycles. The van der Waals surface area contributed by atoms with E-state index in [1.165, 1.54) is 12.1 Å². The van der Waals surface area contributed by atoms with Crippen molar-refractivity contribution in [2.24, 2.45) is 5.92 Å². The number of benzene rings is 1. The van der Waals surface area contributed by atoms with Crippen LogP contribution in [0.3, 0.4) is 0 Å². The van der Waals surface area contributed by atoms with Gasteiger partial charge in [0.15, 0.2) is 0 Å². The van der Waals surface area contributed by atoms with Crippen LogP contribution in [0.2, 0.25) is 0 Å². The first kappa shape index (κ1) is 14.8. The van der Waals surface area contributed by atoms with E-state index >= 15 is 0 Å². The minimum Gasteiger partial charge on any atom is -0.478 e. The van der Waals surface area contributed by atoms with Crippen LogP contribution in [0.4, 0.5) is 13.2 Å². The summed E-state index contributed by atoms with van der Waals surface area (Å²) in [6, 6.07) is 3.47. The molecule has 1 aromatic carbocycles. The fourth-order valence-corrected chi connectivity index (χ4v) is 2.73. The van der Waals surface area contributed by atoms with Crippen LogP contribution in [0.25, 0.3) is 0 Å². The molecular formula is C14H16F3NO2. The number of carboxylic acid groups (broad SMARTS) is 1. The van der Waals surface area contributed by atoms with Gasteiger partial charge in [0.25, 0.3) is 0 Å². The minimum atomic E-state index is -4.65. The van der Waals surface area contributed by atoms with Gasteiger partial charge in [-0.05, 0) is 49.0 Å². The number of halogens is 3. The second kappa shape index (κ2) is 5.44. The molecule has 1 aliphatic heterocycles. The van der Waals surface area contributed by atoms with E-state index in [1.807, 2.05) is 6.92 Å².